The zero-order chi connectivity index (χ0) is 18.4. The smallest absolute Gasteiger partial charge is 0.223 e. The minimum atomic E-state index is -0.0113. The quantitative estimate of drug-likeness (QED) is 0.699. The molecule has 0 N–H and O–H groups in total. The predicted octanol–water partition coefficient (Wildman–Crippen LogP) is 2.85. The number of hydrogen-bond donors (Lipinski definition) is 0. The van der Waals surface area contributed by atoms with Crippen LogP contribution in [-0.2, 0) is 4.79 Å². The number of amides is 1. The summed E-state index contributed by atoms with van der Waals surface area (Å²) in [6.45, 7) is 5.43. The number of Topliss-reactive ketones (excluding diaryl/α,β-unsaturated/α-hetero) is 1. The van der Waals surface area contributed by atoms with E-state index in [1.165, 1.54) is 0 Å². The number of thiazole rings is 1. The highest BCUT2D eigenvalue weighted by atomic mass is 32.1. The van der Waals surface area contributed by atoms with Gasteiger partial charge in [-0.05, 0) is 31.2 Å². The SMILES string of the molecule is CCOc1ccc(C(=O)CCC(=O)N2CCN(c3nccs3)CC2)cc1. The van der Waals surface area contributed by atoms with Crippen molar-refractivity contribution in [3.05, 3.63) is 41.4 Å². The molecule has 0 spiro atoms. The molecule has 3 rings (SSSR count). The predicted molar refractivity (Wildman–Crippen MR) is 102 cm³/mol. The largest absolute Gasteiger partial charge is 0.494 e. The molecule has 0 saturated carbocycles. The van der Waals surface area contributed by atoms with Gasteiger partial charge in [0, 0.05) is 56.2 Å². The van der Waals surface area contributed by atoms with Gasteiger partial charge in [-0.3, -0.25) is 9.59 Å². The maximum absolute atomic E-state index is 12.4. The molecule has 138 valence electrons. The van der Waals surface area contributed by atoms with Crippen molar-refractivity contribution in [2.24, 2.45) is 0 Å². The Hall–Kier alpha value is -2.41. The van der Waals surface area contributed by atoms with E-state index in [0.717, 1.165) is 24.0 Å². The van der Waals surface area contributed by atoms with Gasteiger partial charge in [-0.1, -0.05) is 0 Å². The number of ketones is 1. The van der Waals surface area contributed by atoms with Crippen molar-refractivity contribution in [1.29, 1.82) is 0 Å². The van der Waals surface area contributed by atoms with Gasteiger partial charge in [-0.15, -0.1) is 11.3 Å². The molecule has 0 unspecified atom stereocenters. The maximum Gasteiger partial charge on any atom is 0.223 e. The number of carbonyl (C=O) groups is 2. The van der Waals surface area contributed by atoms with Crippen molar-refractivity contribution in [1.82, 2.24) is 9.88 Å². The molecule has 0 radical (unpaired) electrons. The Kier molecular flexibility index (Phi) is 6.22. The molecule has 1 aromatic heterocycles. The first-order valence-electron chi connectivity index (χ1n) is 8.85. The molecule has 2 heterocycles. The van der Waals surface area contributed by atoms with Crippen LogP contribution in [0.1, 0.15) is 30.1 Å². The fourth-order valence-electron chi connectivity index (χ4n) is 2.95. The molecule has 1 saturated heterocycles. The average Bonchev–Trinajstić information content (AvgIpc) is 3.21. The molecule has 0 aliphatic carbocycles. The van der Waals surface area contributed by atoms with Crippen molar-refractivity contribution in [2.45, 2.75) is 19.8 Å². The monoisotopic (exact) mass is 373 g/mol. The van der Waals surface area contributed by atoms with Crippen LogP contribution < -0.4 is 9.64 Å². The van der Waals surface area contributed by atoms with Crippen LogP contribution in [0.5, 0.6) is 5.75 Å². The fraction of sp³-hybridized carbons (Fsp3) is 0.421. The van der Waals surface area contributed by atoms with E-state index in [4.69, 9.17) is 4.74 Å². The second-order valence-electron chi connectivity index (χ2n) is 6.06. The summed E-state index contributed by atoms with van der Waals surface area (Å²) in [5.74, 6) is 0.782. The Bertz CT molecular complexity index is 723. The Morgan fingerprint density at radius 1 is 1.12 bits per heavy atom. The summed E-state index contributed by atoms with van der Waals surface area (Å²) in [7, 11) is 0. The zero-order valence-corrected chi connectivity index (χ0v) is 15.7. The number of rotatable bonds is 7. The van der Waals surface area contributed by atoms with Gasteiger partial charge in [0.05, 0.1) is 6.61 Å². The normalized spacial score (nSPS) is 14.3. The van der Waals surface area contributed by atoms with Gasteiger partial charge >= 0.3 is 0 Å². The number of carbonyl (C=O) groups excluding carboxylic acids is 2. The van der Waals surface area contributed by atoms with Crippen LogP contribution in [0, 0.1) is 0 Å². The second kappa shape index (κ2) is 8.80. The van der Waals surface area contributed by atoms with Crippen molar-refractivity contribution in [3.8, 4) is 5.75 Å². The van der Waals surface area contributed by atoms with Crippen LogP contribution in [0.2, 0.25) is 0 Å². The van der Waals surface area contributed by atoms with Gasteiger partial charge in [0.25, 0.3) is 0 Å². The molecule has 6 nitrogen and oxygen atoms in total. The molecule has 1 amide bonds. The average molecular weight is 373 g/mol. The minimum Gasteiger partial charge on any atom is -0.494 e. The van der Waals surface area contributed by atoms with Crippen LogP contribution >= 0.6 is 11.3 Å². The molecular formula is C19H23N3O3S. The lowest BCUT2D eigenvalue weighted by atomic mass is 10.1. The lowest BCUT2D eigenvalue weighted by Crippen LogP contribution is -2.48. The summed E-state index contributed by atoms with van der Waals surface area (Å²) >= 11 is 1.61. The number of anilines is 1. The first-order valence-corrected chi connectivity index (χ1v) is 9.73. The lowest BCUT2D eigenvalue weighted by Gasteiger charge is -2.34. The van der Waals surface area contributed by atoms with Gasteiger partial charge < -0.3 is 14.5 Å². The van der Waals surface area contributed by atoms with Gasteiger partial charge in [0.15, 0.2) is 10.9 Å². The molecule has 0 bridgehead atoms. The Morgan fingerprint density at radius 2 is 1.85 bits per heavy atom. The molecular weight excluding hydrogens is 350 g/mol. The fourth-order valence-corrected chi connectivity index (χ4v) is 3.64. The van der Waals surface area contributed by atoms with Crippen LogP contribution in [-0.4, -0.2) is 54.4 Å². The highest BCUT2D eigenvalue weighted by molar-refractivity contribution is 7.13. The van der Waals surface area contributed by atoms with Gasteiger partial charge in [-0.25, -0.2) is 4.98 Å². The minimum absolute atomic E-state index is 0.0113. The third kappa shape index (κ3) is 4.60. The van der Waals surface area contributed by atoms with E-state index in [2.05, 4.69) is 9.88 Å². The number of aromatic nitrogens is 1. The molecule has 7 heteroatoms. The Labute approximate surface area is 157 Å². The van der Waals surface area contributed by atoms with E-state index in [0.29, 0.717) is 25.3 Å². The lowest BCUT2D eigenvalue weighted by molar-refractivity contribution is -0.131. The van der Waals surface area contributed by atoms with Gasteiger partial charge in [0.2, 0.25) is 5.91 Å². The van der Waals surface area contributed by atoms with Crippen molar-refractivity contribution < 1.29 is 14.3 Å². The van der Waals surface area contributed by atoms with Gasteiger partial charge in [0.1, 0.15) is 5.75 Å². The Balaban J connectivity index is 1.44. The van der Waals surface area contributed by atoms with Crippen LogP contribution in [0.4, 0.5) is 5.13 Å². The van der Waals surface area contributed by atoms with E-state index in [1.807, 2.05) is 17.2 Å². The van der Waals surface area contributed by atoms with Crippen molar-refractivity contribution in [3.63, 3.8) is 0 Å². The third-order valence-electron chi connectivity index (χ3n) is 4.38. The van der Waals surface area contributed by atoms with Gasteiger partial charge in [-0.2, -0.15) is 0 Å². The molecule has 1 aliphatic heterocycles. The molecule has 1 aromatic carbocycles. The third-order valence-corrected chi connectivity index (χ3v) is 5.21. The van der Waals surface area contributed by atoms with Crippen LogP contribution in [0.25, 0.3) is 0 Å². The second-order valence-corrected chi connectivity index (χ2v) is 6.94. The first kappa shape index (κ1) is 18.4. The number of ether oxygens (including phenoxy) is 1. The van der Waals surface area contributed by atoms with Crippen LogP contribution in [0.15, 0.2) is 35.8 Å². The van der Waals surface area contributed by atoms with E-state index in [-0.39, 0.29) is 24.5 Å². The summed E-state index contributed by atoms with van der Waals surface area (Å²) in [6.07, 6.45) is 2.28. The first-order chi connectivity index (χ1) is 12.7. The topological polar surface area (TPSA) is 62.7 Å². The highest BCUT2D eigenvalue weighted by Crippen LogP contribution is 2.19. The van der Waals surface area contributed by atoms with Crippen molar-refractivity contribution >= 4 is 28.2 Å². The van der Waals surface area contributed by atoms with E-state index >= 15 is 0 Å². The number of nitrogens with zero attached hydrogens (tertiary/aromatic N) is 3. The standard InChI is InChI=1S/C19H23N3O3S/c1-2-25-16-5-3-15(4-6-16)17(23)7-8-18(24)21-10-12-22(13-11-21)19-20-9-14-26-19/h3-6,9,14H,2,7-8,10-13H2,1H3. The summed E-state index contributed by atoms with van der Waals surface area (Å²) in [6, 6.07) is 7.09. The molecule has 0 atom stereocenters. The molecule has 26 heavy (non-hydrogen) atoms. The summed E-state index contributed by atoms with van der Waals surface area (Å²) in [4.78, 5) is 33.0. The van der Waals surface area contributed by atoms with E-state index in [9.17, 15) is 9.59 Å². The Morgan fingerprint density at radius 3 is 2.46 bits per heavy atom. The van der Waals surface area contributed by atoms with E-state index in [1.54, 1.807) is 41.8 Å². The zero-order valence-electron chi connectivity index (χ0n) is 14.9. The summed E-state index contributed by atoms with van der Waals surface area (Å²) in [5, 5.41) is 2.96. The van der Waals surface area contributed by atoms with Crippen molar-refractivity contribution in [2.75, 3.05) is 37.7 Å². The highest BCUT2D eigenvalue weighted by Gasteiger charge is 2.22. The number of hydrogen-bond acceptors (Lipinski definition) is 6. The summed E-state index contributed by atoms with van der Waals surface area (Å²) in [5.41, 5.74) is 0.620. The maximum atomic E-state index is 12.4. The van der Waals surface area contributed by atoms with Crippen LogP contribution in [0.3, 0.4) is 0 Å². The summed E-state index contributed by atoms with van der Waals surface area (Å²) < 4.78 is 5.37. The molecule has 1 fully saturated rings. The number of benzene rings is 1. The molecule has 1 aliphatic rings. The van der Waals surface area contributed by atoms with E-state index < -0.39 is 0 Å². The number of piperazine rings is 1. The molecule has 2 aromatic rings.